The van der Waals surface area contributed by atoms with Gasteiger partial charge >= 0.3 is 5.97 Å². The second kappa shape index (κ2) is 6.32. The molecule has 1 amide bonds. The molecule has 5 nitrogen and oxygen atoms in total. The van der Waals surface area contributed by atoms with Crippen LogP contribution in [0.4, 0.5) is 0 Å². The van der Waals surface area contributed by atoms with Crippen molar-refractivity contribution in [1.29, 1.82) is 0 Å². The number of carbonyl (C=O) groups is 2. The van der Waals surface area contributed by atoms with Gasteiger partial charge in [-0.2, -0.15) is 0 Å². The lowest BCUT2D eigenvalue weighted by Gasteiger charge is -2.26. The average molecular weight is 317 g/mol. The highest BCUT2D eigenvalue weighted by molar-refractivity contribution is 5.88. The van der Waals surface area contributed by atoms with E-state index in [1.54, 1.807) is 0 Å². The molecular weight excluding hydrogens is 294 g/mol. The van der Waals surface area contributed by atoms with Crippen LogP contribution in [0.5, 0.6) is 0 Å². The predicted molar refractivity (Wildman–Crippen MR) is 85.2 cm³/mol. The summed E-state index contributed by atoms with van der Waals surface area (Å²) in [7, 11) is 1.52. The van der Waals surface area contributed by atoms with Gasteiger partial charge in [-0.25, -0.2) is 4.79 Å². The van der Waals surface area contributed by atoms with E-state index in [-0.39, 0.29) is 23.7 Å². The number of ether oxygens (including phenoxy) is 1. The molecule has 0 aromatic heterocycles. The molecule has 5 heteroatoms. The maximum absolute atomic E-state index is 12.6. The van der Waals surface area contributed by atoms with Crippen molar-refractivity contribution >= 4 is 11.9 Å². The Hall–Kier alpha value is -1.88. The van der Waals surface area contributed by atoms with Gasteiger partial charge in [-0.3, -0.25) is 4.79 Å². The van der Waals surface area contributed by atoms with E-state index in [9.17, 15) is 14.7 Å². The van der Waals surface area contributed by atoms with Gasteiger partial charge in [-0.05, 0) is 36.8 Å². The monoisotopic (exact) mass is 317 g/mol. The molecule has 0 radical (unpaired) electrons. The van der Waals surface area contributed by atoms with Gasteiger partial charge in [-0.15, -0.1) is 0 Å². The number of hydrogen-bond donors (Lipinski definition) is 2. The van der Waals surface area contributed by atoms with Crippen LogP contribution in [0.3, 0.4) is 0 Å². The number of benzene rings is 1. The van der Waals surface area contributed by atoms with E-state index >= 15 is 0 Å². The van der Waals surface area contributed by atoms with Gasteiger partial charge in [0.2, 0.25) is 5.91 Å². The summed E-state index contributed by atoms with van der Waals surface area (Å²) in [4.78, 5) is 23.8. The van der Waals surface area contributed by atoms with Crippen LogP contribution in [0.2, 0.25) is 0 Å². The first-order valence-electron chi connectivity index (χ1n) is 8.19. The number of aryl methyl sites for hydroxylation is 1. The number of carboxylic acids is 1. The Kier molecular flexibility index (Phi) is 4.39. The Balaban J connectivity index is 1.70. The van der Waals surface area contributed by atoms with Crippen molar-refractivity contribution in [2.75, 3.05) is 13.7 Å². The van der Waals surface area contributed by atoms with Crippen molar-refractivity contribution < 1.29 is 19.4 Å². The van der Waals surface area contributed by atoms with Crippen LogP contribution in [-0.4, -0.2) is 36.7 Å². The molecule has 3 unspecified atom stereocenters. The third kappa shape index (κ3) is 2.98. The van der Waals surface area contributed by atoms with Crippen molar-refractivity contribution in [3.05, 3.63) is 35.4 Å². The normalized spacial score (nSPS) is 26.4. The highest BCUT2D eigenvalue weighted by Crippen LogP contribution is 2.60. The van der Waals surface area contributed by atoms with Crippen LogP contribution < -0.4 is 5.32 Å². The Morgan fingerprint density at radius 1 is 1.43 bits per heavy atom. The van der Waals surface area contributed by atoms with Gasteiger partial charge < -0.3 is 15.2 Å². The molecule has 1 spiro atoms. The molecule has 2 aliphatic carbocycles. The number of carboxylic acid groups (broad SMARTS) is 1. The maximum atomic E-state index is 12.6. The fraction of sp³-hybridized carbons (Fsp3) is 0.556. The zero-order valence-electron chi connectivity index (χ0n) is 13.4. The van der Waals surface area contributed by atoms with Crippen LogP contribution in [0.15, 0.2) is 24.3 Å². The Labute approximate surface area is 136 Å². The molecule has 2 aliphatic rings. The zero-order chi connectivity index (χ0) is 16.4. The summed E-state index contributed by atoms with van der Waals surface area (Å²) in [6.45, 7) is 0.315. The number of methoxy groups -OCH3 is 1. The maximum Gasteiger partial charge on any atom is 0.326 e. The van der Waals surface area contributed by atoms with Crippen LogP contribution in [0, 0.1) is 5.92 Å². The van der Waals surface area contributed by atoms with Gasteiger partial charge in [0.15, 0.2) is 0 Å². The van der Waals surface area contributed by atoms with E-state index < -0.39 is 12.0 Å². The fourth-order valence-corrected chi connectivity index (χ4v) is 3.94. The number of rotatable bonds is 6. The molecule has 1 aromatic rings. The summed E-state index contributed by atoms with van der Waals surface area (Å²) in [5, 5.41) is 11.9. The number of hydrogen-bond acceptors (Lipinski definition) is 3. The minimum absolute atomic E-state index is 0.0662. The molecule has 124 valence electrons. The van der Waals surface area contributed by atoms with Crippen molar-refractivity contribution in [2.24, 2.45) is 5.92 Å². The van der Waals surface area contributed by atoms with Gasteiger partial charge in [0.05, 0.1) is 0 Å². The molecule has 1 fully saturated rings. The molecule has 0 heterocycles. The molecule has 0 saturated heterocycles. The summed E-state index contributed by atoms with van der Waals surface area (Å²) in [5.41, 5.74) is 2.56. The number of fused-ring (bicyclic) bond motifs is 2. The summed E-state index contributed by atoms with van der Waals surface area (Å²) < 4.78 is 4.92. The third-order valence-corrected chi connectivity index (χ3v) is 5.24. The first kappa shape index (κ1) is 16.0. The predicted octanol–water partition coefficient (Wildman–Crippen LogP) is 1.89. The van der Waals surface area contributed by atoms with Gasteiger partial charge in [-0.1, -0.05) is 24.3 Å². The highest BCUT2D eigenvalue weighted by atomic mass is 16.5. The molecule has 3 rings (SSSR count). The first-order valence-corrected chi connectivity index (χ1v) is 8.19. The van der Waals surface area contributed by atoms with Crippen molar-refractivity contribution in [1.82, 2.24) is 5.32 Å². The second-order valence-corrected chi connectivity index (χ2v) is 6.60. The Morgan fingerprint density at radius 3 is 2.96 bits per heavy atom. The van der Waals surface area contributed by atoms with E-state index in [1.165, 1.54) is 18.2 Å². The third-order valence-electron chi connectivity index (χ3n) is 5.24. The molecule has 23 heavy (non-hydrogen) atoms. The van der Waals surface area contributed by atoms with Crippen LogP contribution in [0.25, 0.3) is 0 Å². The van der Waals surface area contributed by atoms with Crippen LogP contribution in [-0.2, 0) is 26.2 Å². The van der Waals surface area contributed by atoms with E-state index in [0.29, 0.717) is 6.61 Å². The number of aliphatic carboxylic acids is 1. The molecule has 1 saturated carbocycles. The average Bonchev–Trinajstić information content (AvgIpc) is 3.26. The Morgan fingerprint density at radius 2 is 2.22 bits per heavy atom. The SMILES string of the molecule is COCCC(NC(=O)C1CC12CCCc1ccccc12)C(=O)O. The minimum atomic E-state index is -1.01. The lowest BCUT2D eigenvalue weighted by molar-refractivity contribution is -0.142. The zero-order valence-corrected chi connectivity index (χ0v) is 13.4. The standard InChI is InChI=1S/C18H23NO4/c1-23-10-8-15(17(21)22)19-16(20)14-11-18(14)9-4-6-12-5-2-3-7-13(12)18/h2-3,5,7,14-15H,4,6,8-11H2,1H3,(H,19,20)(H,21,22). The fourth-order valence-electron chi connectivity index (χ4n) is 3.94. The lowest BCUT2D eigenvalue weighted by Crippen LogP contribution is -2.43. The molecule has 0 bridgehead atoms. The van der Waals surface area contributed by atoms with E-state index in [1.807, 2.05) is 12.1 Å². The second-order valence-electron chi connectivity index (χ2n) is 6.60. The van der Waals surface area contributed by atoms with E-state index in [2.05, 4.69) is 17.4 Å². The van der Waals surface area contributed by atoms with E-state index in [4.69, 9.17) is 4.74 Å². The molecule has 3 atom stereocenters. The van der Waals surface area contributed by atoms with Crippen LogP contribution in [0.1, 0.15) is 36.8 Å². The quantitative estimate of drug-likeness (QED) is 0.840. The van der Waals surface area contributed by atoms with E-state index in [0.717, 1.165) is 25.7 Å². The Bertz CT molecular complexity index is 615. The molecule has 0 aliphatic heterocycles. The van der Waals surface area contributed by atoms with Gasteiger partial charge in [0.1, 0.15) is 6.04 Å². The smallest absolute Gasteiger partial charge is 0.326 e. The summed E-state index contributed by atoms with van der Waals surface area (Å²) in [5.74, 6) is -1.24. The summed E-state index contributed by atoms with van der Waals surface area (Å²) in [6.07, 6.45) is 4.28. The summed E-state index contributed by atoms with van der Waals surface area (Å²) in [6, 6.07) is 7.46. The topological polar surface area (TPSA) is 75.6 Å². The largest absolute Gasteiger partial charge is 0.480 e. The van der Waals surface area contributed by atoms with Gasteiger partial charge in [0, 0.05) is 31.5 Å². The highest BCUT2D eigenvalue weighted by Gasteiger charge is 2.60. The molecule has 2 N–H and O–H groups in total. The summed E-state index contributed by atoms with van der Waals surface area (Å²) >= 11 is 0. The van der Waals surface area contributed by atoms with Crippen LogP contribution >= 0.6 is 0 Å². The van der Waals surface area contributed by atoms with Crippen molar-refractivity contribution in [2.45, 2.75) is 43.6 Å². The number of carbonyl (C=O) groups excluding carboxylic acids is 1. The van der Waals surface area contributed by atoms with Gasteiger partial charge in [0.25, 0.3) is 0 Å². The van der Waals surface area contributed by atoms with Crippen molar-refractivity contribution in [3.8, 4) is 0 Å². The number of amides is 1. The molecular formula is C18H23NO4. The minimum Gasteiger partial charge on any atom is -0.480 e. The number of nitrogens with one attached hydrogen (secondary N) is 1. The molecule has 1 aromatic carbocycles. The van der Waals surface area contributed by atoms with Crippen molar-refractivity contribution in [3.63, 3.8) is 0 Å². The first-order chi connectivity index (χ1) is 11.1. The lowest BCUT2D eigenvalue weighted by atomic mass is 9.78.